The first-order valence-corrected chi connectivity index (χ1v) is 9.87. The summed E-state index contributed by atoms with van der Waals surface area (Å²) in [6, 6.07) is 9.41. The lowest BCUT2D eigenvalue weighted by Crippen LogP contribution is -2.15. The maximum absolute atomic E-state index is 13.6. The van der Waals surface area contributed by atoms with Crippen molar-refractivity contribution in [3.05, 3.63) is 77.4 Å². The average molecular weight is 457 g/mol. The van der Waals surface area contributed by atoms with Crippen molar-refractivity contribution in [2.24, 2.45) is 0 Å². The average Bonchev–Trinajstić information content (AvgIpc) is 3.24. The molecular formula is C23H19F4N5O. The number of fused-ring (bicyclic) bond motifs is 1. The maximum atomic E-state index is 13.6. The molecule has 4 aromatic rings. The molecule has 33 heavy (non-hydrogen) atoms. The zero-order chi connectivity index (χ0) is 23.8. The highest BCUT2D eigenvalue weighted by Gasteiger charge is 2.34. The lowest BCUT2D eigenvalue weighted by atomic mass is 10.1. The van der Waals surface area contributed by atoms with E-state index in [0.29, 0.717) is 34.3 Å². The second kappa shape index (κ2) is 8.45. The fourth-order valence-corrected chi connectivity index (χ4v) is 3.46. The maximum Gasteiger partial charge on any atom is 0.419 e. The predicted molar refractivity (Wildman–Crippen MR) is 119 cm³/mol. The van der Waals surface area contributed by atoms with Gasteiger partial charge in [-0.2, -0.15) is 13.2 Å². The number of alkyl halides is 3. The summed E-state index contributed by atoms with van der Waals surface area (Å²) in [5, 5.41) is 9.42. The van der Waals surface area contributed by atoms with E-state index >= 15 is 0 Å². The van der Waals surface area contributed by atoms with Crippen molar-refractivity contribution >= 4 is 39.7 Å². The van der Waals surface area contributed by atoms with E-state index in [4.69, 9.17) is 0 Å². The number of carbonyl (C=O) groups is 1. The minimum atomic E-state index is -4.81. The number of aromatic nitrogens is 2. The van der Waals surface area contributed by atoms with Gasteiger partial charge in [-0.25, -0.2) is 9.37 Å². The Labute approximate surface area is 186 Å². The highest BCUT2D eigenvalue weighted by molar-refractivity contribution is 6.12. The first-order chi connectivity index (χ1) is 15.7. The van der Waals surface area contributed by atoms with Crippen LogP contribution in [0.3, 0.4) is 0 Å². The van der Waals surface area contributed by atoms with Crippen LogP contribution in [0, 0.1) is 12.7 Å². The van der Waals surface area contributed by atoms with Gasteiger partial charge in [-0.15, -0.1) is 0 Å². The number of anilines is 4. The number of carbonyl (C=O) groups excluding carboxylic acids is 1. The number of halogens is 4. The van der Waals surface area contributed by atoms with Gasteiger partial charge in [0.1, 0.15) is 11.5 Å². The van der Waals surface area contributed by atoms with Gasteiger partial charge in [-0.05, 0) is 48.9 Å². The second-order valence-electron chi connectivity index (χ2n) is 7.34. The van der Waals surface area contributed by atoms with E-state index in [0.717, 1.165) is 17.0 Å². The summed E-state index contributed by atoms with van der Waals surface area (Å²) in [7, 11) is 1.70. The topological polar surface area (TPSA) is 81.8 Å². The molecule has 0 aliphatic rings. The van der Waals surface area contributed by atoms with Crippen molar-refractivity contribution < 1.29 is 22.4 Å². The first kappa shape index (κ1) is 22.1. The van der Waals surface area contributed by atoms with Crippen molar-refractivity contribution in [2.45, 2.75) is 13.1 Å². The molecule has 2 heterocycles. The van der Waals surface area contributed by atoms with Gasteiger partial charge in [0.25, 0.3) is 5.91 Å². The number of nitrogens with zero attached hydrogens (tertiary/aromatic N) is 1. The number of benzene rings is 2. The van der Waals surface area contributed by atoms with Crippen LogP contribution in [0.4, 0.5) is 40.3 Å². The normalized spacial score (nSPS) is 11.5. The summed E-state index contributed by atoms with van der Waals surface area (Å²) >= 11 is 0. The lowest BCUT2D eigenvalue weighted by Gasteiger charge is -2.15. The molecule has 4 rings (SSSR count). The minimum Gasteiger partial charge on any atom is -0.387 e. The quantitative estimate of drug-likeness (QED) is 0.274. The number of H-pyrrole nitrogens is 1. The molecule has 4 N–H and O–H groups in total. The zero-order valence-corrected chi connectivity index (χ0v) is 17.6. The van der Waals surface area contributed by atoms with Crippen LogP contribution >= 0.6 is 0 Å². The SMILES string of the molecule is CNc1c(C(=O)Nc2cc(Nc3ccc(F)c(C(F)(F)F)c3)ccc2C)cnc2[nH]ccc12. The molecule has 0 spiro atoms. The Balaban J connectivity index is 1.60. The van der Waals surface area contributed by atoms with Crippen LogP contribution in [0.1, 0.15) is 21.5 Å². The Morgan fingerprint density at radius 3 is 2.52 bits per heavy atom. The molecule has 0 atom stereocenters. The summed E-state index contributed by atoms with van der Waals surface area (Å²) in [4.78, 5) is 20.2. The van der Waals surface area contributed by atoms with Gasteiger partial charge < -0.3 is 20.9 Å². The molecule has 0 fully saturated rings. The van der Waals surface area contributed by atoms with E-state index in [1.165, 1.54) is 12.3 Å². The minimum absolute atomic E-state index is 0.0597. The van der Waals surface area contributed by atoms with E-state index in [1.54, 1.807) is 44.4 Å². The third-order valence-corrected chi connectivity index (χ3v) is 5.13. The summed E-state index contributed by atoms with van der Waals surface area (Å²) < 4.78 is 52.6. The van der Waals surface area contributed by atoms with Crippen molar-refractivity contribution in [1.29, 1.82) is 0 Å². The van der Waals surface area contributed by atoms with Crippen molar-refractivity contribution in [1.82, 2.24) is 9.97 Å². The predicted octanol–water partition coefficient (Wildman–Crippen LogP) is 6.07. The van der Waals surface area contributed by atoms with E-state index in [-0.39, 0.29) is 5.69 Å². The van der Waals surface area contributed by atoms with Crippen LogP contribution < -0.4 is 16.0 Å². The van der Waals surface area contributed by atoms with Gasteiger partial charge in [-0.3, -0.25) is 4.79 Å². The number of pyridine rings is 1. The molecule has 10 heteroatoms. The molecule has 0 bridgehead atoms. The van der Waals surface area contributed by atoms with Crippen LogP contribution in [0.5, 0.6) is 0 Å². The van der Waals surface area contributed by atoms with Crippen molar-refractivity contribution in [3.63, 3.8) is 0 Å². The first-order valence-electron chi connectivity index (χ1n) is 9.87. The Morgan fingerprint density at radius 1 is 1.06 bits per heavy atom. The van der Waals surface area contributed by atoms with Crippen LogP contribution in [-0.2, 0) is 6.18 Å². The molecule has 1 amide bonds. The summed E-state index contributed by atoms with van der Waals surface area (Å²) in [6.45, 7) is 1.78. The molecule has 0 aliphatic heterocycles. The number of hydrogen-bond donors (Lipinski definition) is 4. The van der Waals surface area contributed by atoms with Gasteiger partial charge in [0, 0.05) is 41.9 Å². The fourth-order valence-electron chi connectivity index (χ4n) is 3.46. The van der Waals surface area contributed by atoms with Crippen LogP contribution in [0.25, 0.3) is 11.0 Å². The van der Waals surface area contributed by atoms with Gasteiger partial charge >= 0.3 is 6.18 Å². The largest absolute Gasteiger partial charge is 0.419 e. The molecular weight excluding hydrogens is 438 g/mol. The third-order valence-electron chi connectivity index (χ3n) is 5.13. The second-order valence-corrected chi connectivity index (χ2v) is 7.34. The van der Waals surface area contributed by atoms with Gasteiger partial charge in [0.2, 0.25) is 0 Å². The molecule has 0 saturated carbocycles. The van der Waals surface area contributed by atoms with Crippen molar-refractivity contribution in [2.75, 3.05) is 23.0 Å². The van der Waals surface area contributed by atoms with Crippen LogP contribution in [0.15, 0.2) is 54.9 Å². The smallest absolute Gasteiger partial charge is 0.387 e. The van der Waals surface area contributed by atoms with E-state index < -0.39 is 23.5 Å². The number of aromatic amines is 1. The van der Waals surface area contributed by atoms with Crippen LogP contribution in [-0.4, -0.2) is 22.9 Å². The molecule has 0 radical (unpaired) electrons. The summed E-state index contributed by atoms with van der Waals surface area (Å²) in [5.41, 5.74) is 1.89. The highest BCUT2D eigenvalue weighted by Crippen LogP contribution is 2.34. The van der Waals surface area contributed by atoms with Gasteiger partial charge in [0.05, 0.1) is 16.8 Å². The molecule has 0 unspecified atom stereocenters. The summed E-state index contributed by atoms with van der Waals surface area (Å²) in [6.07, 6.45) is -1.64. The van der Waals surface area contributed by atoms with E-state index in [2.05, 4.69) is 25.9 Å². The third kappa shape index (κ3) is 4.45. The van der Waals surface area contributed by atoms with Crippen molar-refractivity contribution in [3.8, 4) is 0 Å². The Kier molecular flexibility index (Phi) is 5.67. The molecule has 0 aliphatic carbocycles. The van der Waals surface area contributed by atoms with E-state index in [9.17, 15) is 22.4 Å². The molecule has 0 saturated heterocycles. The number of nitrogens with one attached hydrogen (secondary N) is 4. The molecule has 6 nitrogen and oxygen atoms in total. The van der Waals surface area contributed by atoms with Crippen LogP contribution in [0.2, 0.25) is 0 Å². The highest BCUT2D eigenvalue weighted by atomic mass is 19.4. The molecule has 2 aromatic heterocycles. The number of aryl methyl sites for hydroxylation is 1. The summed E-state index contributed by atoms with van der Waals surface area (Å²) in [5.74, 6) is -1.76. The monoisotopic (exact) mass is 457 g/mol. The standard InChI is InChI=1S/C23H19F4N5O/c1-12-3-4-14(31-13-5-6-18(24)17(9-13)23(25,26)27)10-19(12)32-22(33)16-11-30-21-15(7-8-29-21)20(16)28-2/h3-11,31H,1-2H3,(H,32,33)(H2,28,29,30). The fraction of sp³-hybridized carbons (Fsp3) is 0.130. The Hall–Kier alpha value is -4.08. The lowest BCUT2D eigenvalue weighted by molar-refractivity contribution is -0.139. The number of hydrogen-bond acceptors (Lipinski definition) is 4. The Bertz CT molecular complexity index is 1350. The van der Waals surface area contributed by atoms with Gasteiger partial charge in [-0.1, -0.05) is 6.07 Å². The molecule has 2 aromatic carbocycles. The van der Waals surface area contributed by atoms with Gasteiger partial charge in [0.15, 0.2) is 0 Å². The Morgan fingerprint density at radius 2 is 1.79 bits per heavy atom. The zero-order valence-electron chi connectivity index (χ0n) is 17.6. The number of amides is 1. The molecule has 170 valence electrons. The number of rotatable bonds is 5. The van der Waals surface area contributed by atoms with E-state index in [1.807, 2.05) is 0 Å².